The van der Waals surface area contributed by atoms with Gasteiger partial charge >= 0.3 is 11.9 Å². The molecule has 3 heterocycles. The highest BCUT2D eigenvalue weighted by Crippen LogP contribution is 2.39. The van der Waals surface area contributed by atoms with Gasteiger partial charge in [0.05, 0.1) is 12.1 Å². The van der Waals surface area contributed by atoms with Crippen LogP contribution >= 0.6 is 23.2 Å². The Balaban J connectivity index is 0.000000531. The number of halogens is 3. The Labute approximate surface area is 251 Å². The summed E-state index contributed by atoms with van der Waals surface area (Å²) >= 11 is 12.4. The van der Waals surface area contributed by atoms with Crippen LogP contribution in [0, 0.1) is 5.82 Å². The number of anilines is 2. The number of ether oxygens (including phenoxy) is 2. The number of aromatic nitrogens is 2. The molecule has 5 N–H and O–H groups in total. The monoisotopic (exact) mass is 621 g/mol. The van der Waals surface area contributed by atoms with Gasteiger partial charge in [-0.1, -0.05) is 23.2 Å². The second-order valence-corrected chi connectivity index (χ2v) is 9.91. The van der Waals surface area contributed by atoms with Crippen LogP contribution in [0.5, 0.6) is 11.5 Å². The highest BCUT2D eigenvalue weighted by molar-refractivity contribution is 6.36. The number of carbonyl (C=O) groups is 2. The number of nitrogens with two attached hydrogens (primary N) is 1. The number of rotatable bonds is 8. The largest absolute Gasteiger partial charge is 0.496 e. The number of nitrogen functional groups attached to an aromatic ring is 1. The first-order valence-electron chi connectivity index (χ1n) is 12.6. The molecule has 0 spiro atoms. The van der Waals surface area contributed by atoms with E-state index >= 15 is 0 Å². The van der Waals surface area contributed by atoms with E-state index in [1.807, 2.05) is 6.07 Å². The van der Waals surface area contributed by atoms with Crippen molar-refractivity contribution in [3.8, 4) is 22.6 Å². The van der Waals surface area contributed by atoms with Gasteiger partial charge in [-0.15, -0.1) is 0 Å². The quantitative estimate of drug-likeness (QED) is 0.201. The molecule has 0 bridgehead atoms. The van der Waals surface area contributed by atoms with Crippen LogP contribution in [0.15, 0.2) is 48.8 Å². The molecule has 42 heavy (non-hydrogen) atoms. The summed E-state index contributed by atoms with van der Waals surface area (Å²) in [5.74, 6) is -1.11. The summed E-state index contributed by atoms with van der Waals surface area (Å²) < 4.78 is 25.7. The standard InChI is InChI=1S/C24H26Cl2FN5O2.C4H4O4/c1-13-10-29-6-7-32(13)21-9-19(33-3)16(12-30-21)15-8-20(24(28)31-11-15)34-14(2)22-17(25)4-5-18(27)23(22)26;5-3(6)1-2-4(7)8/h4-5,8-9,11-14,29H,6-7,10H2,1-3H3,(H2,28,31);1-2H,(H,5,6)(H,7,8)/t13-,14+;/m0./s1. The highest BCUT2D eigenvalue weighted by Gasteiger charge is 2.23. The maximum atomic E-state index is 14.0. The summed E-state index contributed by atoms with van der Waals surface area (Å²) in [6.07, 6.45) is 3.82. The van der Waals surface area contributed by atoms with Crippen LogP contribution in [0.25, 0.3) is 11.1 Å². The van der Waals surface area contributed by atoms with E-state index in [9.17, 15) is 14.0 Å². The molecule has 1 aromatic carbocycles. The third-order valence-corrected chi connectivity index (χ3v) is 6.93. The van der Waals surface area contributed by atoms with E-state index in [1.165, 1.54) is 12.1 Å². The molecule has 1 aliphatic rings. The minimum absolute atomic E-state index is 0.0914. The summed E-state index contributed by atoms with van der Waals surface area (Å²) in [5.41, 5.74) is 7.85. The van der Waals surface area contributed by atoms with Gasteiger partial charge in [-0.25, -0.2) is 23.9 Å². The molecular weight excluding hydrogens is 592 g/mol. The Morgan fingerprint density at radius 1 is 1.17 bits per heavy atom. The molecule has 2 atom stereocenters. The lowest BCUT2D eigenvalue weighted by molar-refractivity contribution is -0.134. The first-order chi connectivity index (χ1) is 19.9. The van der Waals surface area contributed by atoms with Gasteiger partial charge in [-0.2, -0.15) is 0 Å². The molecule has 11 nitrogen and oxygen atoms in total. The fourth-order valence-corrected chi connectivity index (χ4v) is 4.83. The van der Waals surface area contributed by atoms with Crippen LogP contribution in [0.4, 0.5) is 16.0 Å². The number of hydrogen-bond donors (Lipinski definition) is 4. The Kier molecular flexibility index (Phi) is 11.3. The van der Waals surface area contributed by atoms with Gasteiger partial charge in [0.15, 0.2) is 11.6 Å². The first kappa shape index (κ1) is 32.4. The fourth-order valence-electron chi connectivity index (χ4n) is 4.15. The van der Waals surface area contributed by atoms with Gasteiger partial charge in [-0.05, 0) is 32.0 Å². The van der Waals surface area contributed by atoms with Crippen LogP contribution in [0.3, 0.4) is 0 Å². The van der Waals surface area contributed by atoms with Crippen molar-refractivity contribution in [2.45, 2.75) is 26.0 Å². The average molecular weight is 622 g/mol. The van der Waals surface area contributed by atoms with Crippen LogP contribution in [0.1, 0.15) is 25.5 Å². The number of pyridine rings is 2. The molecule has 0 radical (unpaired) electrons. The number of nitrogens with one attached hydrogen (secondary N) is 1. The van der Waals surface area contributed by atoms with Gasteiger partial charge in [0.1, 0.15) is 23.5 Å². The second-order valence-electron chi connectivity index (χ2n) is 9.12. The molecule has 1 saturated heterocycles. The Morgan fingerprint density at radius 3 is 2.48 bits per heavy atom. The molecule has 1 aliphatic heterocycles. The summed E-state index contributed by atoms with van der Waals surface area (Å²) in [6.45, 7) is 6.52. The van der Waals surface area contributed by atoms with Gasteiger partial charge in [0.25, 0.3) is 0 Å². The van der Waals surface area contributed by atoms with E-state index in [4.69, 9.17) is 48.6 Å². The predicted molar refractivity (Wildman–Crippen MR) is 158 cm³/mol. The average Bonchev–Trinajstić information content (AvgIpc) is 2.95. The number of carboxylic acid groups (broad SMARTS) is 2. The van der Waals surface area contributed by atoms with Crippen molar-refractivity contribution >= 4 is 46.8 Å². The number of methoxy groups -OCH3 is 1. The number of nitrogens with zero attached hydrogens (tertiary/aromatic N) is 3. The number of hydrogen-bond acceptors (Lipinski definition) is 9. The van der Waals surface area contributed by atoms with Gasteiger partial charge < -0.3 is 35.6 Å². The Hall–Kier alpha value is -4.13. The van der Waals surface area contributed by atoms with Crippen molar-refractivity contribution in [2.75, 3.05) is 37.4 Å². The third kappa shape index (κ3) is 8.21. The summed E-state index contributed by atoms with van der Waals surface area (Å²) in [7, 11) is 1.61. The highest BCUT2D eigenvalue weighted by atomic mass is 35.5. The zero-order valence-electron chi connectivity index (χ0n) is 23.0. The van der Waals surface area contributed by atoms with Gasteiger partial charge in [0.2, 0.25) is 0 Å². The smallest absolute Gasteiger partial charge is 0.328 e. The third-order valence-electron chi connectivity index (χ3n) is 6.22. The Morgan fingerprint density at radius 2 is 1.86 bits per heavy atom. The van der Waals surface area contributed by atoms with Crippen molar-refractivity contribution < 1.29 is 33.7 Å². The maximum absolute atomic E-state index is 14.0. The molecule has 1 fully saturated rings. The van der Waals surface area contributed by atoms with Crippen molar-refractivity contribution in [3.05, 3.63) is 70.2 Å². The first-order valence-corrected chi connectivity index (χ1v) is 13.4. The topological polar surface area (TPSA) is 160 Å². The van der Waals surface area contributed by atoms with Crippen LogP contribution < -0.4 is 25.4 Å². The Bertz CT molecular complexity index is 1460. The predicted octanol–water partition coefficient (Wildman–Crippen LogP) is 4.83. The molecule has 0 saturated carbocycles. The molecule has 2 aromatic heterocycles. The van der Waals surface area contributed by atoms with Crippen molar-refractivity contribution in [2.24, 2.45) is 0 Å². The number of benzene rings is 1. The summed E-state index contributed by atoms with van der Waals surface area (Å²) in [6, 6.07) is 6.63. The normalized spacial score (nSPS) is 15.5. The van der Waals surface area contributed by atoms with Crippen molar-refractivity contribution in [3.63, 3.8) is 0 Å². The summed E-state index contributed by atoms with van der Waals surface area (Å²) in [4.78, 5) is 30.3. The SMILES string of the molecule is COc1cc(N2CCNC[C@@H]2C)ncc1-c1cnc(N)c(O[C@H](C)c2c(Cl)ccc(F)c2Cl)c1.O=C(O)C=CC(=O)O. The number of carboxylic acids is 2. The molecular formula is C28H30Cl2FN5O6. The number of aliphatic carboxylic acids is 2. The molecule has 0 aliphatic carbocycles. The minimum atomic E-state index is -1.26. The zero-order valence-corrected chi connectivity index (χ0v) is 24.5. The van der Waals surface area contributed by atoms with E-state index in [1.54, 1.807) is 32.5 Å². The fraction of sp³-hybridized carbons (Fsp3) is 0.286. The maximum Gasteiger partial charge on any atom is 0.328 e. The van der Waals surface area contributed by atoms with Gasteiger partial charge in [-0.3, -0.25) is 0 Å². The lowest BCUT2D eigenvalue weighted by atomic mass is 10.1. The van der Waals surface area contributed by atoms with Gasteiger partial charge in [0, 0.05) is 78.0 Å². The van der Waals surface area contributed by atoms with Crippen LogP contribution in [0.2, 0.25) is 10.0 Å². The lowest BCUT2D eigenvalue weighted by Gasteiger charge is -2.35. The van der Waals surface area contributed by atoms with E-state index in [0.29, 0.717) is 45.8 Å². The molecule has 14 heteroatoms. The van der Waals surface area contributed by atoms with E-state index in [0.717, 1.165) is 31.0 Å². The van der Waals surface area contributed by atoms with Crippen molar-refractivity contribution in [1.82, 2.24) is 15.3 Å². The lowest BCUT2D eigenvalue weighted by Crippen LogP contribution is -2.50. The van der Waals surface area contributed by atoms with Crippen molar-refractivity contribution in [1.29, 1.82) is 0 Å². The van der Waals surface area contributed by atoms with E-state index in [2.05, 4.69) is 27.1 Å². The van der Waals surface area contributed by atoms with E-state index < -0.39 is 23.9 Å². The molecule has 0 unspecified atom stereocenters. The van der Waals surface area contributed by atoms with Crippen LogP contribution in [-0.4, -0.2) is 64.9 Å². The molecule has 4 rings (SSSR count). The zero-order chi connectivity index (χ0) is 31.0. The van der Waals surface area contributed by atoms with Crippen LogP contribution in [-0.2, 0) is 9.59 Å². The number of piperazine rings is 1. The second kappa shape index (κ2) is 14.7. The molecule has 0 amide bonds. The van der Waals surface area contributed by atoms with E-state index in [-0.39, 0.29) is 10.8 Å². The molecule has 224 valence electrons. The summed E-state index contributed by atoms with van der Waals surface area (Å²) in [5, 5.41) is 19.2. The minimum Gasteiger partial charge on any atom is -0.496 e. The molecule has 3 aromatic rings.